The first kappa shape index (κ1) is 24.4. The van der Waals surface area contributed by atoms with Gasteiger partial charge in [-0.3, -0.25) is 14.4 Å². The Bertz CT molecular complexity index is 1250. The van der Waals surface area contributed by atoms with Crippen molar-refractivity contribution in [2.24, 2.45) is 16.7 Å². The van der Waals surface area contributed by atoms with Gasteiger partial charge in [0.25, 0.3) is 21.9 Å². The summed E-state index contributed by atoms with van der Waals surface area (Å²) < 4.78 is 31.6. The number of hydroxylamine groups is 2. The summed E-state index contributed by atoms with van der Waals surface area (Å²) in [6, 6.07) is 4.70. The summed E-state index contributed by atoms with van der Waals surface area (Å²) >= 11 is 0. The summed E-state index contributed by atoms with van der Waals surface area (Å²) in [5.41, 5.74) is -0.647. The zero-order valence-corrected chi connectivity index (χ0v) is 20.5. The Morgan fingerprint density at radius 3 is 2.56 bits per heavy atom. The van der Waals surface area contributed by atoms with Crippen LogP contribution in [0.25, 0.3) is 5.57 Å². The van der Waals surface area contributed by atoms with Gasteiger partial charge in [0.1, 0.15) is 5.78 Å². The molecule has 1 aromatic carbocycles. The first-order valence-electron chi connectivity index (χ1n) is 11.6. The highest BCUT2D eigenvalue weighted by Crippen LogP contribution is 2.64. The van der Waals surface area contributed by atoms with E-state index >= 15 is 0 Å². The van der Waals surface area contributed by atoms with Crippen molar-refractivity contribution >= 4 is 33.3 Å². The molecule has 0 radical (unpaired) electrons. The molecule has 3 aliphatic rings. The number of terminal acetylenes is 1. The number of allylic oxidation sites excluding steroid dienone is 1. The third-order valence-corrected chi connectivity index (χ3v) is 9.20. The molecule has 0 saturated heterocycles. The fraction of sp³-hybridized carbons (Fsp3) is 0.500. The summed E-state index contributed by atoms with van der Waals surface area (Å²) in [5.74, 6) is 0.187. The number of ketones is 1. The predicted octanol–water partition coefficient (Wildman–Crippen LogP) is 3.88. The van der Waals surface area contributed by atoms with Crippen LogP contribution in [0.15, 0.2) is 24.3 Å². The van der Waals surface area contributed by atoms with Crippen LogP contribution in [0.4, 0.5) is 0 Å². The van der Waals surface area contributed by atoms with Gasteiger partial charge in [0, 0.05) is 23.1 Å². The molecule has 8 heteroatoms. The fourth-order valence-electron chi connectivity index (χ4n) is 5.82. The molecule has 34 heavy (non-hydrogen) atoms. The van der Waals surface area contributed by atoms with Gasteiger partial charge in [-0.15, -0.1) is 15.8 Å². The highest BCUT2D eigenvalue weighted by molar-refractivity contribution is 7.86. The Morgan fingerprint density at radius 2 is 1.97 bits per heavy atom. The molecule has 0 aromatic heterocycles. The fourth-order valence-corrected chi connectivity index (χ4v) is 7.51. The molecule has 2 bridgehead atoms. The van der Waals surface area contributed by atoms with Crippen LogP contribution in [0.5, 0.6) is 0 Å². The van der Waals surface area contributed by atoms with Crippen molar-refractivity contribution < 1.29 is 27.1 Å². The lowest BCUT2D eigenvalue weighted by atomic mass is 9.70. The van der Waals surface area contributed by atoms with Crippen molar-refractivity contribution in [2.45, 2.75) is 59.3 Å². The van der Waals surface area contributed by atoms with Crippen molar-refractivity contribution in [2.75, 3.05) is 5.75 Å². The second-order valence-electron chi connectivity index (χ2n) is 9.98. The quantitative estimate of drug-likeness (QED) is 0.253. The van der Waals surface area contributed by atoms with Gasteiger partial charge in [0.15, 0.2) is 0 Å². The second kappa shape index (κ2) is 8.47. The monoisotopic (exact) mass is 483 g/mol. The van der Waals surface area contributed by atoms with Crippen molar-refractivity contribution in [3.05, 3.63) is 41.0 Å². The van der Waals surface area contributed by atoms with Gasteiger partial charge in [-0.1, -0.05) is 51.7 Å². The number of benzene rings is 1. The Labute approximate surface area is 200 Å². The van der Waals surface area contributed by atoms with Gasteiger partial charge >= 0.3 is 0 Å². The number of rotatable bonds is 7. The molecule has 2 fully saturated rings. The van der Waals surface area contributed by atoms with Crippen molar-refractivity contribution in [1.29, 1.82) is 0 Å². The maximum atomic E-state index is 13.3. The zero-order chi connectivity index (χ0) is 24.9. The molecule has 4 rings (SSSR count). The van der Waals surface area contributed by atoms with Crippen LogP contribution in [-0.4, -0.2) is 36.8 Å². The van der Waals surface area contributed by atoms with Crippen molar-refractivity contribution in [3.8, 4) is 12.3 Å². The average Bonchev–Trinajstić information content (AvgIpc) is 3.12. The number of Topliss-reactive ketones (excluding diaryl/α,β-unsaturated/α-hetero) is 1. The van der Waals surface area contributed by atoms with Crippen LogP contribution in [-0.2, 0) is 24.0 Å². The highest BCUT2D eigenvalue weighted by atomic mass is 32.2. The van der Waals surface area contributed by atoms with E-state index in [2.05, 4.69) is 5.92 Å². The third kappa shape index (κ3) is 3.62. The van der Waals surface area contributed by atoms with Gasteiger partial charge in [-0.2, -0.15) is 8.42 Å². The SMILES string of the molecule is C#Cc1cccc2c1/C(=C\CCCC)C(=O)N(OS(=O)(=O)CC13CCC(CC1=O)C3(C)C)C2=O. The van der Waals surface area contributed by atoms with Gasteiger partial charge in [-0.05, 0) is 42.7 Å². The molecule has 2 aliphatic carbocycles. The van der Waals surface area contributed by atoms with E-state index in [1.54, 1.807) is 18.2 Å². The van der Waals surface area contributed by atoms with Crippen molar-refractivity contribution in [1.82, 2.24) is 5.06 Å². The summed E-state index contributed by atoms with van der Waals surface area (Å²) in [5, 5.41) is 0.311. The van der Waals surface area contributed by atoms with Crippen LogP contribution in [0, 0.1) is 29.1 Å². The van der Waals surface area contributed by atoms with Crippen LogP contribution < -0.4 is 0 Å². The van der Waals surface area contributed by atoms with E-state index in [0.717, 1.165) is 19.3 Å². The van der Waals surface area contributed by atoms with Crippen molar-refractivity contribution in [3.63, 3.8) is 0 Å². The van der Waals surface area contributed by atoms with Crippen LogP contribution in [0.2, 0.25) is 0 Å². The van der Waals surface area contributed by atoms with E-state index in [1.807, 2.05) is 20.8 Å². The molecular weight excluding hydrogens is 454 g/mol. The number of nitrogens with zero attached hydrogens (tertiary/aromatic N) is 1. The molecule has 2 saturated carbocycles. The minimum atomic E-state index is -4.45. The number of hydrogen-bond acceptors (Lipinski definition) is 6. The number of imide groups is 1. The minimum absolute atomic E-state index is 0.0959. The van der Waals surface area contributed by atoms with Gasteiger partial charge < -0.3 is 0 Å². The number of carbonyl (C=O) groups excluding carboxylic acids is 3. The van der Waals surface area contributed by atoms with Crippen LogP contribution >= 0.6 is 0 Å². The van der Waals surface area contributed by atoms with E-state index in [0.29, 0.717) is 35.5 Å². The smallest absolute Gasteiger partial charge is 0.289 e. The molecule has 1 aliphatic heterocycles. The molecule has 0 spiro atoms. The molecule has 2 amide bonds. The Morgan fingerprint density at radius 1 is 1.24 bits per heavy atom. The molecule has 1 heterocycles. The van der Waals surface area contributed by atoms with Gasteiger partial charge in [0.2, 0.25) is 0 Å². The molecular formula is C26H29NO6S. The minimum Gasteiger partial charge on any atom is -0.299 e. The molecule has 7 nitrogen and oxygen atoms in total. The predicted molar refractivity (Wildman–Crippen MR) is 126 cm³/mol. The lowest BCUT2D eigenvalue weighted by Crippen LogP contribution is -2.47. The van der Waals surface area contributed by atoms with E-state index in [1.165, 1.54) is 6.07 Å². The van der Waals surface area contributed by atoms with E-state index < -0.39 is 38.5 Å². The maximum absolute atomic E-state index is 13.3. The molecule has 2 unspecified atom stereocenters. The number of carbonyl (C=O) groups is 3. The van der Waals surface area contributed by atoms with E-state index in [9.17, 15) is 22.8 Å². The van der Waals surface area contributed by atoms with E-state index in [4.69, 9.17) is 10.7 Å². The average molecular weight is 484 g/mol. The molecule has 2 atom stereocenters. The molecule has 0 N–H and O–H groups in total. The third-order valence-electron chi connectivity index (χ3n) is 7.98. The normalized spacial score (nSPS) is 26.8. The van der Waals surface area contributed by atoms with E-state index in [-0.39, 0.29) is 22.8 Å². The largest absolute Gasteiger partial charge is 0.299 e. The Kier molecular flexibility index (Phi) is 6.07. The molecule has 1 aromatic rings. The Hall–Kier alpha value is -2.76. The lowest BCUT2D eigenvalue weighted by Gasteiger charge is -2.36. The number of fused-ring (bicyclic) bond motifs is 3. The lowest BCUT2D eigenvalue weighted by molar-refractivity contribution is -0.141. The number of hydrogen-bond donors (Lipinski definition) is 0. The standard InChI is InChI=1S/C26H29NO6S/c1-5-7-8-11-19-22-17(6-2)10-9-12-20(22)24(30)27(23(19)29)33-34(31,32)16-26-14-13-18(15-21(26)28)25(26,3)4/h2,9-12,18H,5,7-8,13-16H2,1,3-4H3/b19-11+. The van der Waals surface area contributed by atoms with Gasteiger partial charge in [-0.25, -0.2) is 0 Å². The topological polar surface area (TPSA) is 97.8 Å². The molecule has 180 valence electrons. The highest BCUT2D eigenvalue weighted by Gasteiger charge is 2.65. The first-order valence-corrected chi connectivity index (χ1v) is 13.2. The number of unbranched alkanes of at least 4 members (excludes halogenated alkanes) is 2. The summed E-state index contributed by atoms with van der Waals surface area (Å²) in [7, 11) is -4.45. The van der Waals surface area contributed by atoms with Crippen LogP contribution in [0.1, 0.15) is 80.8 Å². The zero-order valence-electron chi connectivity index (χ0n) is 19.7. The van der Waals surface area contributed by atoms with Crippen LogP contribution in [0.3, 0.4) is 0 Å². The Balaban J connectivity index is 1.70. The number of amides is 2. The summed E-state index contributed by atoms with van der Waals surface area (Å²) in [6.07, 6.45) is 11.1. The summed E-state index contributed by atoms with van der Waals surface area (Å²) in [6.45, 7) is 5.83. The second-order valence-corrected chi connectivity index (χ2v) is 11.5. The first-order chi connectivity index (χ1) is 16.0. The summed E-state index contributed by atoms with van der Waals surface area (Å²) in [4.78, 5) is 39.3. The van der Waals surface area contributed by atoms with Gasteiger partial charge in [0.05, 0.1) is 16.7 Å². The maximum Gasteiger partial charge on any atom is 0.289 e.